The molecule has 7 nitrogen and oxygen atoms in total. The number of aryl methyl sites for hydroxylation is 1. The Morgan fingerprint density at radius 2 is 1.61 bits per heavy atom. The number of sulfonamides is 1. The second-order valence-corrected chi connectivity index (χ2v) is 12.1. The average molecular weight is 570 g/mol. The number of ether oxygens (including phenoxy) is 1. The first kappa shape index (κ1) is 28.5. The second-order valence-electron chi connectivity index (χ2n) is 10.5. The number of hydrogen-bond acceptors (Lipinski definition) is 6. The normalized spacial score (nSPS) is 14.5. The first-order valence-electron chi connectivity index (χ1n) is 13.9. The van der Waals surface area contributed by atoms with Crippen LogP contribution in [0.3, 0.4) is 0 Å². The number of likely N-dealkylation sites (tertiary alicyclic amines) is 1. The molecule has 3 aromatic carbocycles. The molecule has 0 aliphatic carbocycles. The van der Waals surface area contributed by atoms with E-state index in [9.17, 15) is 13.2 Å². The standard InChI is InChI=1S/C33H35N3O4S/c1-36-21-18-29(19-22-36)40-32-10-4-2-8-30(32)31-9-3-5-11-33(31)41(38,39)35-27-15-12-25(13-16-27)23-28(37)17-14-26-7-6-20-34-24-26/h2-13,15-16,20,24,29,35H,14,17-19,21-23H2,1H3. The van der Waals surface area contributed by atoms with Gasteiger partial charge in [-0.3, -0.25) is 14.5 Å². The minimum atomic E-state index is -3.91. The summed E-state index contributed by atoms with van der Waals surface area (Å²) in [5, 5.41) is 0. The van der Waals surface area contributed by atoms with Crippen molar-refractivity contribution in [3.63, 3.8) is 0 Å². The summed E-state index contributed by atoms with van der Waals surface area (Å²) in [5.74, 6) is 0.805. The average Bonchev–Trinajstić information content (AvgIpc) is 2.99. The van der Waals surface area contributed by atoms with E-state index in [1.165, 1.54) is 0 Å². The van der Waals surface area contributed by atoms with Crippen LogP contribution in [-0.4, -0.2) is 50.3 Å². The van der Waals surface area contributed by atoms with Crippen LogP contribution in [0.1, 0.15) is 30.4 Å². The van der Waals surface area contributed by atoms with Gasteiger partial charge in [0.1, 0.15) is 17.6 Å². The van der Waals surface area contributed by atoms with Gasteiger partial charge in [-0.1, -0.05) is 54.6 Å². The third-order valence-electron chi connectivity index (χ3n) is 7.34. The van der Waals surface area contributed by atoms with Crippen molar-refractivity contribution in [1.82, 2.24) is 9.88 Å². The number of para-hydroxylation sites is 1. The van der Waals surface area contributed by atoms with E-state index in [1.807, 2.05) is 48.5 Å². The maximum atomic E-state index is 13.6. The molecule has 0 spiro atoms. The Morgan fingerprint density at radius 3 is 2.34 bits per heavy atom. The molecule has 212 valence electrons. The van der Waals surface area contributed by atoms with E-state index in [0.717, 1.165) is 42.6 Å². The number of nitrogens with one attached hydrogen (secondary N) is 1. The molecule has 0 bridgehead atoms. The highest BCUT2D eigenvalue weighted by molar-refractivity contribution is 7.92. The predicted molar refractivity (Wildman–Crippen MR) is 162 cm³/mol. The van der Waals surface area contributed by atoms with E-state index in [1.54, 1.807) is 48.8 Å². The Labute approximate surface area is 242 Å². The van der Waals surface area contributed by atoms with E-state index < -0.39 is 10.0 Å². The molecule has 5 rings (SSSR count). The molecule has 1 aliphatic heterocycles. The summed E-state index contributed by atoms with van der Waals surface area (Å²) in [4.78, 5) is 19.0. The molecule has 1 aliphatic rings. The van der Waals surface area contributed by atoms with Crippen LogP contribution < -0.4 is 9.46 Å². The van der Waals surface area contributed by atoms with Gasteiger partial charge in [-0.25, -0.2) is 8.42 Å². The van der Waals surface area contributed by atoms with Gasteiger partial charge in [0.05, 0.1) is 4.90 Å². The van der Waals surface area contributed by atoms with Crippen molar-refractivity contribution in [2.45, 2.75) is 43.1 Å². The maximum absolute atomic E-state index is 13.6. The quantitative estimate of drug-likeness (QED) is 0.247. The van der Waals surface area contributed by atoms with Gasteiger partial charge in [-0.15, -0.1) is 0 Å². The number of Topliss-reactive ketones (excluding diaryl/α,β-unsaturated/α-hetero) is 1. The van der Waals surface area contributed by atoms with E-state index in [-0.39, 0.29) is 16.8 Å². The number of ketones is 1. The van der Waals surface area contributed by atoms with Crippen LogP contribution in [0, 0.1) is 0 Å². The molecule has 2 heterocycles. The molecule has 0 saturated carbocycles. The van der Waals surface area contributed by atoms with Crippen molar-refractivity contribution in [1.29, 1.82) is 0 Å². The van der Waals surface area contributed by atoms with Gasteiger partial charge in [-0.05, 0) is 67.8 Å². The summed E-state index contributed by atoms with van der Waals surface area (Å²) in [6.45, 7) is 1.94. The van der Waals surface area contributed by atoms with Crippen LogP contribution >= 0.6 is 0 Å². The Bertz CT molecular complexity index is 1570. The fraction of sp³-hybridized carbons (Fsp3) is 0.273. The lowest BCUT2D eigenvalue weighted by atomic mass is 10.0. The zero-order valence-corrected chi connectivity index (χ0v) is 24.0. The third-order valence-corrected chi connectivity index (χ3v) is 8.78. The molecule has 1 fully saturated rings. The lowest BCUT2D eigenvalue weighted by molar-refractivity contribution is -0.118. The monoisotopic (exact) mass is 569 g/mol. The van der Waals surface area contributed by atoms with E-state index in [2.05, 4.69) is 21.7 Å². The Morgan fingerprint density at radius 1 is 0.902 bits per heavy atom. The summed E-state index contributed by atoms with van der Waals surface area (Å²) in [5.41, 5.74) is 3.63. The third kappa shape index (κ3) is 7.60. The highest BCUT2D eigenvalue weighted by atomic mass is 32.2. The van der Waals surface area contributed by atoms with Gasteiger partial charge in [0, 0.05) is 55.1 Å². The van der Waals surface area contributed by atoms with Crippen LogP contribution in [0.5, 0.6) is 5.75 Å². The summed E-state index contributed by atoms with van der Waals surface area (Å²) in [6.07, 6.45) is 6.81. The Balaban J connectivity index is 1.28. The first-order valence-corrected chi connectivity index (χ1v) is 15.4. The lowest BCUT2D eigenvalue weighted by Gasteiger charge is -2.30. The second kappa shape index (κ2) is 13.1. The molecule has 0 atom stereocenters. The van der Waals surface area contributed by atoms with Crippen molar-refractivity contribution in [2.24, 2.45) is 0 Å². The fourth-order valence-electron chi connectivity index (χ4n) is 5.04. The van der Waals surface area contributed by atoms with E-state index >= 15 is 0 Å². The minimum absolute atomic E-state index is 0.0926. The molecule has 1 saturated heterocycles. The fourth-order valence-corrected chi connectivity index (χ4v) is 6.33. The summed E-state index contributed by atoms with van der Waals surface area (Å²) in [6, 6.07) is 25.4. The van der Waals surface area contributed by atoms with Gasteiger partial charge in [0.25, 0.3) is 10.0 Å². The van der Waals surface area contributed by atoms with Crippen LogP contribution in [0.4, 0.5) is 5.69 Å². The number of nitrogens with zero attached hydrogens (tertiary/aromatic N) is 2. The van der Waals surface area contributed by atoms with Gasteiger partial charge < -0.3 is 9.64 Å². The lowest BCUT2D eigenvalue weighted by Crippen LogP contribution is -2.35. The van der Waals surface area contributed by atoms with Crippen LogP contribution in [0.2, 0.25) is 0 Å². The molecular formula is C33H35N3O4S. The summed E-state index contributed by atoms with van der Waals surface area (Å²) in [7, 11) is -1.80. The smallest absolute Gasteiger partial charge is 0.262 e. The molecule has 8 heteroatoms. The molecule has 0 unspecified atom stereocenters. The van der Waals surface area contributed by atoms with Crippen molar-refractivity contribution in [3.8, 4) is 16.9 Å². The highest BCUT2D eigenvalue weighted by Crippen LogP contribution is 2.36. The molecule has 41 heavy (non-hydrogen) atoms. The van der Waals surface area contributed by atoms with Crippen LogP contribution in [-0.2, 0) is 27.7 Å². The van der Waals surface area contributed by atoms with Crippen molar-refractivity contribution in [2.75, 3.05) is 24.9 Å². The minimum Gasteiger partial charge on any atom is -0.490 e. The van der Waals surface area contributed by atoms with E-state index in [4.69, 9.17) is 4.74 Å². The first-order chi connectivity index (χ1) is 19.9. The number of benzene rings is 3. The number of piperidine rings is 1. The summed E-state index contributed by atoms with van der Waals surface area (Å²) >= 11 is 0. The van der Waals surface area contributed by atoms with Crippen LogP contribution in [0.15, 0.2) is 102 Å². The predicted octanol–water partition coefficient (Wildman–Crippen LogP) is 5.77. The van der Waals surface area contributed by atoms with Crippen LogP contribution in [0.25, 0.3) is 11.1 Å². The van der Waals surface area contributed by atoms with Gasteiger partial charge in [0.2, 0.25) is 0 Å². The molecule has 4 aromatic rings. The van der Waals surface area contributed by atoms with Crippen molar-refractivity contribution in [3.05, 3.63) is 108 Å². The van der Waals surface area contributed by atoms with Gasteiger partial charge in [-0.2, -0.15) is 0 Å². The molecular weight excluding hydrogens is 534 g/mol. The number of carbonyl (C=O) groups excluding carboxylic acids is 1. The topological polar surface area (TPSA) is 88.6 Å². The maximum Gasteiger partial charge on any atom is 0.262 e. The van der Waals surface area contributed by atoms with Gasteiger partial charge >= 0.3 is 0 Å². The summed E-state index contributed by atoms with van der Waals surface area (Å²) < 4.78 is 36.3. The van der Waals surface area contributed by atoms with Crippen molar-refractivity contribution >= 4 is 21.5 Å². The number of pyridine rings is 1. The Kier molecular flexibility index (Phi) is 9.11. The molecule has 1 aromatic heterocycles. The number of hydrogen-bond donors (Lipinski definition) is 1. The van der Waals surface area contributed by atoms with Gasteiger partial charge in [0.15, 0.2) is 0 Å². The molecule has 0 radical (unpaired) electrons. The number of aromatic nitrogens is 1. The highest BCUT2D eigenvalue weighted by Gasteiger charge is 2.23. The zero-order valence-electron chi connectivity index (χ0n) is 23.2. The number of carbonyl (C=O) groups is 1. The van der Waals surface area contributed by atoms with E-state index in [0.29, 0.717) is 36.3 Å². The van der Waals surface area contributed by atoms with Crippen molar-refractivity contribution < 1.29 is 17.9 Å². The SMILES string of the molecule is CN1CCC(Oc2ccccc2-c2ccccc2S(=O)(=O)Nc2ccc(CC(=O)CCc3cccnc3)cc2)CC1. The number of anilines is 1. The largest absolute Gasteiger partial charge is 0.490 e. The zero-order chi connectivity index (χ0) is 28.7. The molecule has 0 amide bonds. The Hall–Kier alpha value is -4.01. The molecule has 1 N–H and O–H groups in total. The number of rotatable bonds is 11.